The summed E-state index contributed by atoms with van der Waals surface area (Å²) in [6.45, 7) is 1.39. The maximum absolute atomic E-state index is 12.4. The predicted molar refractivity (Wildman–Crippen MR) is 82.8 cm³/mol. The van der Waals surface area contributed by atoms with Gasteiger partial charge in [-0.25, -0.2) is 0 Å². The first-order valence-electron chi connectivity index (χ1n) is 7.91. The molecule has 22 heavy (non-hydrogen) atoms. The highest BCUT2D eigenvalue weighted by Crippen LogP contribution is 2.29. The molecular formula is C17H22N2O3. The van der Waals surface area contributed by atoms with Gasteiger partial charge in [0, 0.05) is 30.6 Å². The van der Waals surface area contributed by atoms with Gasteiger partial charge in [-0.2, -0.15) is 0 Å². The lowest BCUT2D eigenvalue weighted by atomic mass is 10.0. The molecule has 5 nitrogen and oxygen atoms in total. The lowest BCUT2D eigenvalue weighted by Gasteiger charge is -2.32. The average Bonchev–Trinajstić information content (AvgIpc) is 3.40. The van der Waals surface area contributed by atoms with Crippen molar-refractivity contribution in [1.29, 1.82) is 0 Å². The number of hydrogen-bond acceptors (Lipinski definition) is 3. The largest absolute Gasteiger partial charge is 0.497 e. The maximum atomic E-state index is 12.4. The quantitative estimate of drug-likeness (QED) is 0.923. The number of likely N-dealkylation sites (tertiary alicyclic amines) is 1. The number of amides is 2. The van der Waals surface area contributed by atoms with Crippen LogP contribution in [0.15, 0.2) is 24.3 Å². The van der Waals surface area contributed by atoms with Crippen LogP contribution in [0.5, 0.6) is 5.75 Å². The summed E-state index contributed by atoms with van der Waals surface area (Å²) >= 11 is 0. The summed E-state index contributed by atoms with van der Waals surface area (Å²) in [6.07, 6.45) is 3.72. The van der Waals surface area contributed by atoms with E-state index in [-0.39, 0.29) is 23.8 Å². The van der Waals surface area contributed by atoms with Gasteiger partial charge in [0.2, 0.25) is 5.91 Å². The summed E-state index contributed by atoms with van der Waals surface area (Å²) in [5, 5.41) is 3.10. The van der Waals surface area contributed by atoms with Gasteiger partial charge < -0.3 is 15.0 Å². The zero-order valence-corrected chi connectivity index (χ0v) is 12.9. The number of benzene rings is 1. The number of nitrogens with zero attached hydrogens (tertiary/aromatic N) is 1. The third-order valence-electron chi connectivity index (χ3n) is 4.41. The van der Waals surface area contributed by atoms with Crippen LogP contribution in [0.25, 0.3) is 0 Å². The fourth-order valence-electron chi connectivity index (χ4n) is 2.81. The van der Waals surface area contributed by atoms with Crippen LogP contribution in [0.1, 0.15) is 36.0 Å². The van der Waals surface area contributed by atoms with Crippen molar-refractivity contribution in [3.8, 4) is 5.75 Å². The second kappa shape index (κ2) is 6.38. The maximum Gasteiger partial charge on any atom is 0.253 e. The van der Waals surface area contributed by atoms with Crippen molar-refractivity contribution in [2.45, 2.75) is 31.7 Å². The zero-order valence-electron chi connectivity index (χ0n) is 12.9. The molecule has 0 aromatic heterocycles. The Hall–Kier alpha value is -2.04. The molecule has 0 unspecified atom stereocenters. The number of methoxy groups -OCH3 is 1. The molecule has 118 valence electrons. The van der Waals surface area contributed by atoms with Gasteiger partial charge in [0.05, 0.1) is 7.11 Å². The van der Waals surface area contributed by atoms with E-state index in [0.29, 0.717) is 18.7 Å². The Morgan fingerprint density at radius 3 is 2.27 bits per heavy atom. The Morgan fingerprint density at radius 2 is 1.73 bits per heavy atom. The molecule has 1 aromatic rings. The van der Waals surface area contributed by atoms with Gasteiger partial charge in [-0.3, -0.25) is 9.59 Å². The molecule has 1 N–H and O–H groups in total. The van der Waals surface area contributed by atoms with E-state index in [9.17, 15) is 9.59 Å². The Balaban J connectivity index is 1.51. The molecule has 1 heterocycles. The van der Waals surface area contributed by atoms with E-state index in [1.165, 1.54) is 0 Å². The van der Waals surface area contributed by atoms with E-state index in [1.54, 1.807) is 31.4 Å². The monoisotopic (exact) mass is 302 g/mol. The van der Waals surface area contributed by atoms with Crippen LogP contribution in [0, 0.1) is 5.92 Å². The third kappa shape index (κ3) is 3.40. The first kappa shape index (κ1) is 14.9. The molecule has 1 aliphatic heterocycles. The van der Waals surface area contributed by atoms with Crippen molar-refractivity contribution in [1.82, 2.24) is 10.2 Å². The second-order valence-electron chi connectivity index (χ2n) is 6.08. The lowest BCUT2D eigenvalue weighted by molar-refractivity contribution is -0.123. The van der Waals surface area contributed by atoms with Crippen molar-refractivity contribution in [2.75, 3.05) is 20.2 Å². The average molecular weight is 302 g/mol. The van der Waals surface area contributed by atoms with Crippen LogP contribution >= 0.6 is 0 Å². The molecule has 0 spiro atoms. The van der Waals surface area contributed by atoms with Crippen molar-refractivity contribution in [3.05, 3.63) is 29.8 Å². The Kier molecular flexibility index (Phi) is 4.32. The van der Waals surface area contributed by atoms with Gasteiger partial charge in [0.1, 0.15) is 5.75 Å². The van der Waals surface area contributed by atoms with Crippen molar-refractivity contribution < 1.29 is 14.3 Å². The SMILES string of the molecule is COc1ccc(C(=O)N2CCC(NC(=O)C3CC3)CC2)cc1. The van der Waals surface area contributed by atoms with E-state index in [1.807, 2.05) is 4.90 Å². The van der Waals surface area contributed by atoms with Gasteiger partial charge in [-0.1, -0.05) is 0 Å². The minimum absolute atomic E-state index is 0.0506. The van der Waals surface area contributed by atoms with Crippen LogP contribution in [-0.4, -0.2) is 43.0 Å². The molecule has 0 radical (unpaired) electrons. The molecule has 2 fully saturated rings. The van der Waals surface area contributed by atoms with Gasteiger partial charge >= 0.3 is 0 Å². The first-order chi connectivity index (χ1) is 10.7. The van der Waals surface area contributed by atoms with Crippen LogP contribution in [0.4, 0.5) is 0 Å². The van der Waals surface area contributed by atoms with Crippen LogP contribution in [0.2, 0.25) is 0 Å². The zero-order chi connectivity index (χ0) is 15.5. The molecule has 1 saturated carbocycles. The Labute approximate surface area is 130 Å². The molecule has 1 aliphatic carbocycles. The molecular weight excluding hydrogens is 280 g/mol. The summed E-state index contributed by atoms with van der Waals surface area (Å²) < 4.78 is 5.10. The normalized spacial score (nSPS) is 18.9. The molecule has 5 heteroatoms. The number of rotatable bonds is 4. The molecule has 1 aromatic carbocycles. The smallest absolute Gasteiger partial charge is 0.253 e. The summed E-state index contributed by atoms with van der Waals surface area (Å²) in [6, 6.07) is 7.41. The summed E-state index contributed by atoms with van der Waals surface area (Å²) in [5.41, 5.74) is 0.682. The highest BCUT2D eigenvalue weighted by Gasteiger charge is 2.32. The van der Waals surface area contributed by atoms with Crippen LogP contribution in [0.3, 0.4) is 0 Å². The third-order valence-corrected chi connectivity index (χ3v) is 4.41. The number of carbonyl (C=O) groups excluding carboxylic acids is 2. The first-order valence-corrected chi connectivity index (χ1v) is 7.91. The molecule has 1 saturated heterocycles. The number of carbonyl (C=O) groups is 2. The molecule has 2 amide bonds. The van der Waals surface area contributed by atoms with E-state index in [0.717, 1.165) is 31.4 Å². The van der Waals surface area contributed by atoms with Crippen molar-refractivity contribution >= 4 is 11.8 Å². The van der Waals surface area contributed by atoms with Crippen molar-refractivity contribution in [2.24, 2.45) is 5.92 Å². The fourth-order valence-corrected chi connectivity index (χ4v) is 2.81. The number of hydrogen-bond donors (Lipinski definition) is 1. The van der Waals surface area contributed by atoms with Gasteiger partial charge in [0.15, 0.2) is 0 Å². The molecule has 3 rings (SSSR count). The van der Waals surface area contributed by atoms with E-state index in [2.05, 4.69) is 5.32 Å². The summed E-state index contributed by atoms with van der Waals surface area (Å²) in [5.74, 6) is 1.24. The minimum Gasteiger partial charge on any atom is -0.497 e. The van der Waals surface area contributed by atoms with E-state index >= 15 is 0 Å². The topological polar surface area (TPSA) is 58.6 Å². The molecule has 0 atom stereocenters. The van der Waals surface area contributed by atoms with Gasteiger partial charge in [-0.15, -0.1) is 0 Å². The number of ether oxygens (including phenoxy) is 1. The fraction of sp³-hybridized carbons (Fsp3) is 0.529. The molecule has 2 aliphatic rings. The lowest BCUT2D eigenvalue weighted by Crippen LogP contribution is -2.46. The second-order valence-corrected chi connectivity index (χ2v) is 6.08. The predicted octanol–water partition coefficient (Wildman–Crippen LogP) is 1.83. The summed E-state index contributed by atoms with van der Waals surface area (Å²) in [4.78, 5) is 26.1. The standard InChI is InChI=1S/C17H22N2O3/c1-22-15-6-4-13(5-7-15)17(21)19-10-8-14(9-11-19)18-16(20)12-2-3-12/h4-7,12,14H,2-3,8-11H2,1H3,(H,18,20). The van der Waals surface area contributed by atoms with Crippen LogP contribution < -0.4 is 10.1 Å². The van der Waals surface area contributed by atoms with E-state index < -0.39 is 0 Å². The Morgan fingerprint density at radius 1 is 1.09 bits per heavy atom. The highest BCUT2D eigenvalue weighted by molar-refractivity contribution is 5.94. The Bertz CT molecular complexity index is 544. The highest BCUT2D eigenvalue weighted by atomic mass is 16.5. The van der Waals surface area contributed by atoms with E-state index in [4.69, 9.17) is 4.74 Å². The number of nitrogens with one attached hydrogen (secondary N) is 1. The van der Waals surface area contributed by atoms with Crippen LogP contribution in [-0.2, 0) is 4.79 Å². The summed E-state index contributed by atoms with van der Waals surface area (Å²) in [7, 11) is 1.61. The van der Waals surface area contributed by atoms with Gasteiger partial charge in [0.25, 0.3) is 5.91 Å². The van der Waals surface area contributed by atoms with Gasteiger partial charge in [-0.05, 0) is 49.9 Å². The number of piperidine rings is 1. The molecule has 0 bridgehead atoms. The van der Waals surface area contributed by atoms with Crippen molar-refractivity contribution in [3.63, 3.8) is 0 Å². The minimum atomic E-state index is 0.0506.